The molecule has 6 nitrogen and oxygen atoms in total. The highest BCUT2D eigenvalue weighted by molar-refractivity contribution is 5.95. The zero-order valence-corrected chi connectivity index (χ0v) is 10.6. The molecule has 0 aliphatic heterocycles. The Kier molecular flexibility index (Phi) is 5.26. The monoisotopic (exact) mass is 300 g/mol. The maximum absolute atomic E-state index is 12.8. The Morgan fingerprint density at radius 3 is 2.48 bits per heavy atom. The second kappa shape index (κ2) is 6.71. The van der Waals surface area contributed by atoms with E-state index in [4.69, 9.17) is 11.0 Å². The van der Waals surface area contributed by atoms with Crippen molar-refractivity contribution in [1.82, 2.24) is 5.32 Å². The van der Waals surface area contributed by atoms with E-state index in [9.17, 15) is 22.8 Å². The minimum atomic E-state index is -4.73. The third-order valence-corrected chi connectivity index (χ3v) is 2.36. The molecular weight excluding hydrogens is 289 g/mol. The molecule has 112 valence electrons. The molecule has 0 saturated heterocycles. The molecule has 0 heterocycles. The van der Waals surface area contributed by atoms with Crippen LogP contribution in [-0.2, 0) is 15.8 Å². The number of anilines is 1. The van der Waals surface area contributed by atoms with Gasteiger partial charge in [0.2, 0.25) is 11.8 Å². The van der Waals surface area contributed by atoms with Crippen LogP contribution >= 0.6 is 0 Å². The van der Waals surface area contributed by atoms with Gasteiger partial charge in [-0.3, -0.25) is 9.59 Å². The Labute approximate surface area is 117 Å². The zero-order chi connectivity index (χ0) is 16.0. The molecular formula is C12H11F3N4O2. The summed E-state index contributed by atoms with van der Waals surface area (Å²) in [6.07, 6.45) is -4.73. The molecule has 9 heteroatoms. The van der Waals surface area contributed by atoms with E-state index in [0.717, 1.165) is 12.1 Å². The van der Waals surface area contributed by atoms with E-state index >= 15 is 0 Å². The van der Waals surface area contributed by atoms with E-state index in [-0.39, 0.29) is 12.1 Å². The lowest BCUT2D eigenvalue weighted by atomic mass is 10.1. The van der Waals surface area contributed by atoms with Crippen LogP contribution in [0.15, 0.2) is 18.2 Å². The fourth-order valence-corrected chi connectivity index (χ4v) is 1.40. The Morgan fingerprint density at radius 1 is 1.29 bits per heavy atom. The highest BCUT2D eigenvalue weighted by atomic mass is 19.4. The second-order valence-corrected chi connectivity index (χ2v) is 3.90. The Bertz CT molecular complexity index is 593. The summed E-state index contributed by atoms with van der Waals surface area (Å²) in [7, 11) is 0. The molecule has 0 aliphatic rings. The molecule has 1 rings (SSSR count). The third-order valence-electron chi connectivity index (χ3n) is 2.36. The van der Waals surface area contributed by atoms with Crippen LogP contribution in [0.1, 0.15) is 11.1 Å². The van der Waals surface area contributed by atoms with E-state index < -0.39 is 35.8 Å². The molecule has 2 amide bonds. The number of alkyl halides is 3. The summed E-state index contributed by atoms with van der Waals surface area (Å²) >= 11 is 0. The SMILES string of the molecule is N#Cc1ccc(NC(=O)CNC(=O)CN)c(C(F)(F)F)c1. The van der Waals surface area contributed by atoms with Crippen molar-refractivity contribution in [2.24, 2.45) is 5.73 Å². The van der Waals surface area contributed by atoms with Crippen LogP contribution in [0.3, 0.4) is 0 Å². The number of nitrogens with one attached hydrogen (secondary N) is 2. The van der Waals surface area contributed by atoms with Gasteiger partial charge in [-0.1, -0.05) is 0 Å². The van der Waals surface area contributed by atoms with Crippen LogP contribution in [0.25, 0.3) is 0 Å². The zero-order valence-electron chi connectivity index (χ0n) is 10.6. The number of nitrogens with zero attached hydrogens (tertiary/aromatic N) is 1. The number of rotatable bonds is 4. The van der Waals surface area contributed by atoms with E-state index in [1.54, 1.807) is 6.07 Å². The van der Waals surface area contributed by atoms with Crippen molar-refractivity contribution in [2.45, 2.75) is 6.18 Å². The van der Waals surface area contributed by atoms with Gasteiger partial charge in [0.1, 0.15) is 0 Å². The minimum absolute atomic E-state index is 0.184. The fourth-order valence-electron chi connectivity index (χ4n) is 1.40. The van der Waals surface area contributed by atoms with E-state index in [1.165, 1.54) is 0 Å². The summed E-state index contributed by atoms with van der Waals surface area (Å²) in [5, 5.41) is 12.8. The largest absolute Gasteiger partial charge is 0.418 e. The first kappa shape index (κ1) is 16.5. The van der Waals surface area contributed by atoms with Crippen LogP contribution in [0.2, 0.25) is 0 Å². The average Bonchev–Trinajstić information content (AvgIpc) is 2.44. The standard InChI is InChI=1S/C12H11F3N4O2/c13-12(14,15)8-3-7(4-16)1-2-9(8)19-11(21)6-18-10(20)5-17/h1-3H,5-6,17H2,(H,18,20)(H,19,21). The van der Waals surface area contributed by atoms with E-state index in [2.05, 4.69) is 5.32 Å². The van der Waals surface area contributed by atoms with Gasteiger partial charge in [-0.15, -0.1) is 0 Å². The summed E-state index contributed by atoms with van der Waals surface area (Å²) in [6, 6.07) is 4.34. The Morgan fingerprint density at radius 2 is 1.95 bits per heavy atom. The first-order valence-corrected chi connectivity index (χ1v) is 5.66. The molecule has 0 unspecified atom stereocenters. The summed E-state index contributed by atoms with van der Waals surface area (Å²) in [5.74, 6) is -1.45. The van der Waals surface area contributed by atoms with Gasteiger partial charge in [-0.2, -0.15) is 18.4 Å². The number of hydrogen-bond acceptors (Lipinski definition) is 4. The molecule has 0 aromatic heterocycles. The quantitative estimate of drug-likeness (QED) is 0.756. The van der Waals surface area contributed by atoms with Gasteiger partial charge >= 0.3 is 6.18 Å². The van der Waals surface area contributed by atoms with Crippen molar-refractivity contribution >= 4 is 17.5 Å². The lowest BCUT2D eigenvalue weighted by molar-refractivity contribution is -0.137. The summed E-state index contributed by atoms with van der Waals surface area (Å²) < 4.78 is 38.5. The Balaban J connectivity index is 2.91. The van der Waals surface area contributed by atoms with Gasteiger partial charge in [-0.25, -0.2) is 0 Å². The summed E-state index contributed by atoms with van der Waals surface area (Å²) in [6.45, 7) is -0.842. The first-order valence-electron chi connectivity index (χ1n) is 5.66. The van der Waals surface area contributed by atoms with Crippen molar-refractivity contribution in [1.29, 1.82) is 5.26 Å². The molecule has 0 spiro atoms. The predicted octanol–water partition coefficient (Wildman–Crippen LogP) is 0.590. The minimum Gasteiger partial charge on any atom is -0.346 e. The second-order valence-electron chi connectivity index (χ2n) is 3.90. The first-order chi connectivity index (χ1) is 9.77. The third kappa shape index (κ3) is 4.77. The molecule has 0 fully saturated rings. The molecule has 0 atom stereocenters. The van der Waals surface area contributed by atoms with Crippen molar-refractivity contribution in [3.05, 3.63) is 29.3 Å². The van der Waals surface area contributed by atoms with Crippen molar-refractivity contribution in [3.63, 3.8) is 0 Å². The van der Waals surface area contributed by atoms with Gasteiger partial charge in [-0.05, 0) is 18.2 Å². The maximum atomic E-state index is 12.8. The number of carbonyl (C=O) groups excluding carboxylic acids is 2. The normalized spacial score (nSPS) is 10.6. The summed E-state index contributed by atoms with van der Waals surface area (Å²) in [4.78, 5) is 22.3. The number of halogens is 3. The van der Waals surface area contributed by atoms with Crippen molar-refractivity contribution in [3.8, 4) is 6.07 Å². The van der Waals surface area contributed by atoms with Gasteiger partial charge in [0.15, 0.2) is 0 Å². The van der Waals surface area contributed by atoms with Crippen LogP contribution < -0.4 is 16.4 Å². The van der Waals surface area contributed by atoms with Gasteiger partial charge in [0.25, 0.3) is 0 Å². The van der Waals surface area contributed by atoms with Crippen LogP contribution in [-0.4, -0.2) is 24.9 Å². The number of hydrogen-bond donors (Lipinski definition) is 3. The van der Waals surface area contributed by atoms with Crippen LogP contribution in [0, 0.1) is 11.3 Å². The van der Waals surface area contributed by atoms with Crippen molar-refractivity contribution < 1.29 is 22.8 Å². The molecule has 0 aliphatic carbocycles. The highest BCUT2D eigenvalue weighted by Gasteiger charge is 2.34. The number of nitrogens with two attached hydrogens (primary N) is 1. The molecule has 1 aromatic carbocycles. The molecule has 4 N–H and O–H groups in total. The summed E-state index contributed by atoms with van der Waals surface area (Å²) in [5.41, 5.74) is 3.19. The fraction of sp³-hybridized carbons (Fsp3) is 0.250. The van der Waals surface area contributed by atoms with Crippen LogP contribution in [0.5, 0.6) is 0 Å². The number of carbonyl (C=O) groups is 2. The molecule has 21 heavy (non-hydrogen) atoms. The van der Waals surface area contributed by atoms with Crippen molar-refractivity contribution in [2.75, 3.05) is 18.4 Å². The van der Waals surface area contributed by atoms with Gasteiger partial charge < -0.3 is 16.4 Å². The maximum Gasteiger partial charge on any atom is 0.418 e. The smallest absolute Gasteiger partial charge is 0.346 e. The lowest BCUT2D eigenvalue weighted by Gasteiger charge is -2.14. The van der Waals surface area contributed by atoms with E-state index in [1.807, 2.05) is 5.32 Å². The predicted molar refractivity (Wildman–Crippen MR) is 66.9 cm³/mol. The molecule has 0 bridgehead atoms. The molecule has 0 saturated carbocycles. The molecule has 1 aromatic rings. The number of amides is 2. The average molecular weight is 300 g/mol. The lowest BCUT2D eigenvalue weighted by Crippen LogP contribution is -2.36. The van der Waals surface area contributed by atoms with Gasteiger partial charge in [0.05, 0.1) is 36.0 Å². The highest BCUT2D eigenvalue weighted by Crippen LogP contribution is 2.35. The Hall–Kier alpha value is -2.60. The number of benzene rings is 1. The number of nitriles is 1. The topological polar surface area (TPSA) is 108 Å². The molecule has 0 radical (unpaired) electrons. The van der Waals surface area contributed by atoms with E-state index in [0.29, 0.717) is 6.07 Å². The van der Waals surface area contributed by atoms with Gasteiger partial charge in [0, 0.05) is 0 Å². The van der Waals surface area contributed by atoms with Crippen LogP contribution in [0.4, 0.5) is 18.9 Å².